The van der Waals surface area contributed by atoms with Crippen molar-refractivity contribution in [3.05, 3.63) is 224 Å². The number of nitrogens with zero attached hydrogens (tertiary/aromatic N) is 1. The predicted molar refractivity (Wildman–Crippen MR) is 261 cm³/mol. The molecule has 0 bridgehead atoms. The Morgan fingerprint density at radius 1 is 0.344 bits per heavy atom. The summed E-state index contributed by atoms with van der Waals surface area (Å²) in [5.41, 5.74) is 14.6. The Hall–Kier alpha value is -7.72. The number of benzene rings is 10. The van der Waals surface area contributed by atoms with Gasteiger partial charge in [0.15, 0.2) is 0 Å². The lowest BCUT2D eigenvalue weighted by Crippen LogP contribution is -2.10. The third-order valence-electron chi connectivity index (χ3n) is 12.1. The molecule has 0 radical (unpaired) electrons. The fourth-order valence-corrected chi connectivity index (χ4v) is 10.3. The SMILES string of the molecule is c1ccc(-c2ccc3c(c2)oc2ccc(N(c4ccc(-c5ccc6ccccc6c5)cc4)c4ccc(-c5ccccc5)c5sc6cc(-c7ccccc7)ccc6c45)cc23)cc1. The second kappa shape index (κ2) is 14.5. The van der Waals surface area contributed by atoms with Crippen molar-refractivity contribution in [2.45, 2.75) is 0 Å². The molecular weight excluding hydrogens is 759 g/mol. The highest BCUT2D eigenvalue weighted by Crippen LogP contribution is 2.50. The number of anilines is 3. The number of furan rings is 1. The molecule has 0 aliphatic carbocycles. The Balaban J connectivity index is 1.07. The van der Waals surface area contributed by atoms with Crippen LogP contribution in [0.4, 0.5) is 17.1 Å². The van der Waals surface area contributed by atoms with Crippen molar-refractivity contribution in [1.29, 1.82) is 0 Å². The van der Waals surface area contributed by atoms with Gasteiger partial charge in [0.05, 0.1) is 5.69 Å². The molecule has 12 rings (SSSR count). The molecule has 2 aromatic heterocycles. The molecule has 0 atom stereocenters. The van der Waals surface area contributed by atoms with Gasteiger partial charge in [0, 0.05) is 42.3 Å². The molecule has 2 nitrogen and oxygen atoms in total. The zero-order valence-electron chi connectivity index (χ0n) is 33.1. The third kappa shape index (κ3) is 6.18. The summed E-state index contributed by atoms with van der Waals surface area (Å²) in [6.07, 6.45) is 0. The van der Waals surface area contributed by atoms with Crippen LogP contribution < -0.4 is 4.90 Å². The summed E-state index contributed by atoms with van der Waals surface area (Å²) in [5.74, 6) is 0. The lowest BCUT2D eigenvalue weighted by atomic mass is 9.98. The van der Waals surface area contributed by atoms with Crippen LogP contribution >= 0.6 is 11.3 Å². The number of rotatable bonds is 7. The van der Waals surface area contributed by atoms with Gasteiger partial charge in [-0.1, -0.05) is 164 Å². The summed E-state index contributed by atoms with van der Waals surface area (Å²) in [6.45, 7) is 0. The van der Waals surface area contributed by atoms with Crippen LogP contribution in [-0.4, -0.2) is 0 Å². The zero-order chi connectivity index (χ0) is 40.3. The van der Waals surface area contributed by atoms with E-state index in [1.54, 1.807) is 0 Å². The fraction of sp³-hybridized carbons (Fsp3) is 0. The largest absolute Gasteiger partial charge is 0.456 e. The Morgan fingerprint density at radius 2 is 0.918 bits per heavy atom. The van der Waals surface area contributed by atoms with Gasteiger partial charge in [0.25, 0.3) is 0 Å². The summed E-state index contributed by atoms with van der Waals surface area (Å²) in [4.78, 5) is 2.44. The lowest BCUT2D eigenvalue weighted by Gasteiger charge is -2.27. The molecule has 0 saturated carbocycles. The Kier molecular flexibility index (Phi) is 8.39. The van der Waals surface area contributed by atoms with Crippen LogP contribution in [0.2, 0.25) is 0 Å². The minimum Gasteiger partial charge on any atom is -0.456 e. The average molecular weight is 796 g/mol. The van der Waals surface area contributed by atoms with Gasteiger partial charge in [-0.05, 0) is 116 Å². The Labute approximate surface area is 357 Å². The molecule has 0 aliphatic heterocycles. The monoisotopic (exact) mass is 795 g/mol. The fourth-order valence-electron chi connectivity index (χ4n) is 9.02. The Bertz CT molecular complexity index is 3570. The van der Waals surface area contributed by atoms with E-state index >= 15 is 0 Å². The van der Waals surface area contributed by atoms with E-state index in [0.29, 0.717) is 0 Å². The molecule has 0 amide bonds. The molecule has 0 N–H and O–H groups in total. The molecule has 286 valence electrons. The first-order valence-corrected chi connectivity index (χ1v) is 21.5. The highest BCUT2D eigenvalue weighted by Gasteiger charge is 2.23. The molecular formula is C58H37NOS. The maximum Gasteiger partial charge on any atom is 0.136 e. The summed E-state index contributed by atoms with van der Waals surface area (Å²) < 4.78 is 9.10. The quantitative estimate of drug-likeness (QED) is 0.160. The Morgan fingerprint density at radius 3 is 1.66 bits per heavy atom. The normalized spacial score (nSPS) is 11.6. The molecule has 10 aromatic carbocycles. The van der Waals surface area contributed by atoms with E-state index in [0.717, 1.165) is 44.6 Å². The van der Waals surface area contributed by atoms with E-state index < -0.39 is 0 Å². The standard InChI is InChI=1S/C58H37NOS/c1-4-12-38(13-5-1)45-24-29-50-52-37-48(28-33-54(52)60-55(50)35-45)59(47-26-22-41(23-27-47)44-21-20-40-16-10-11-19-43(40)34-44)53-32-31-49(42-17-8-3-9-18-42)58-57(53)51-30-25-46(36-56(51)61-58)39-14-6-2-7-15-39/h1-37H. The zero-order valence-corrected chi connectivity index (χ0v) is 33.9. The van der Waals surface area contributed by atoms with Gasteiger partial charge >= 0.3 is 0 Å². The number of hydrogen-bond acceptors (Lipinski definition) is 3. The molecule has 0 spiro atoms. The second-order valence-corrected chi connectivity index (χ2v) is 16.7. The van der Waals surface area contributed by atoms with Gasteiger partial charge in [0.1, 0.15) is 11.2 Å². The van der Waals surface area contributed by atoms with Crippen LogP contribution in [0.3, 0.4) is 0 Å². The first-order chi connectivity index (χ1) is 30.2. The van der Waals surface area contributed by atoms with Gasteiger partial charge in [-0.3, -0.25) is 0 Å². The molecule has 12 aromatic rings. The van der Waals surface area contributed by atoms with Crippen LogP contribution in [0, 0.1) is 0 Å². The van der Waals surface area contributed by atoms with Gasteiger partial charge < -0.3 is 9.32 Å². The number of hydrogen-bond donors (Lipinski definition) is 0. The van der Waals surface area contributed by atoms with Crippen LogP contribution in [-0.2, 0) is 0 Å². The second-order valence-electron chi connectivity index (χ2n) is 15.7. The first kappa shape index (κ1) is 35.2. The number of thiophene rings is 1. The summed E-state index contributed by atoms with van der Waals surface area (Å²) in [6, 6.07) is 81.2. The topological polar surface area (TPSA) is 16.4 Å². The lowest BCUT2D eigenvalue weighted by molar-refractivity contribution is 0.669. The highest BCUT2D eigenvalue weighted by atomic mass is 32.1. The van der Waals surface area contributed by atoms with Gasteiger partial charge in [-0.25, -0.2) is 0 Å². The highest BCUT2D eigenvalue weighted by molar-refractivity contribution is 7.26. The van der Waals surface area contributed by atoms with E-state index in [4.69, 9.17) is 4.42 Å². The van der Waals surface area contributed by atoms with Crippen LogP contribution in [0.15, 0.2) is 229 Å². The van der Waals surface area contributed by atoms with E-state index in [1.807, 2.05) is 11.3 Å². The van der Waals surface area contributed by atoms with Crippen LogP contribution in [0.1, 0.15) is 0 Å². The smallest absolute Gasteiger partial charge is 0.136 e. The van der Waals surface area contributed by atoms with Crippen LogP contribution in [0.5, 0.6) is 0 Å². The van der Waals surface area contributed by atoms with Gasteiger partial charge in [-0.2, -0.15) is 0 Å². The maximum atomic E-state index is 6.57. The summed E-state index contributed by atoms with van der Waals surface area (Å²) in [5, 5.41) is 7.15. The van der Waals surface area contributed by atoms with Crippen molar-refractivity contribution in [2.24, 2.45) is 0 Å². The van der Waals surface area contributed by atoms with Gasteiger partial charge in [0.2, 0.25) is 0 Å². The minimum absolute atomic E-state index is 0.870. The van der Waals surface area contributed by atoms with Crippen molar-refractivity contribution in [1.82, 2.24) is 0 Å². The number of fused-ring (bicyclic) bond motifs is 7. The minimum atomic E-state index is 0.870. The van der Waals surface area contributed by atoms with Crippen molar-refractivity contribution < 1.29 is 4.42 Å². The molecule has 3 heteroatoms. The van der Waals surface area contributed by atoms with Crippen molar-refractivity contribution in [2.75, 3.05) is 4.90 Å². The molecule has 0 unspecified atom stereocenters. The van der Waals surface area contributed by atoms with Crippen molar-refractivity contribution >= 4 is 81.3 Å². The predicted octanol–water partition coefficient (Wildman–Crippen LogP) is 17.2. The molecule has 2 heterocycles. The van der Waals surface area contributed by atoms with E-state index in [9.17, 15) is 0 Å². The molecule has 61 heavy (non-hydrogen) atoms. The maximum absolute atomic E-state index is 6.57. The molecule has 0 fully saturated rings. The molecule has 0 aliphatic rings. The van der Waals surface area contributed by atoms with Crippen molar-refractivity contribution in [3.8, 4) is 44.5 Å². The van der Waals surface area contributed by atoms with E-state index in [-0.39, 0.29) is 0 Å². The van der Waals surface area contributed by atoms with E-state index in [2.05, 4.69) is 229 Å². The first-order valence-electron chi connectivity index (χ1n) is 20.7. The summed E-state index contributed by atoms with van der Waals surface area (Å²) >= 11 is 1.88. The van der Waals surface area contributed by atoms with Crippen LogP contribution in [0.25, 0.3) is 97.4 Å². The third-order valence-corrected chi connectivity index (χ3v) is 13.2. The van der Waals surface area contributed by atoms with Gasteiger partial charge in [-0.15, -0.1) is 11.3 Å². The average Bonchev–Trinajstić information content (AvgIpc) is 3.90. The summed E-state index contributed by atoms with van der Waals surface area (Å²) in [7, 11) is 0. The van der Waals surface area contributed by atoms with Crippen molar-refractivity contribution in [3.63, 3.8) is 0 Å². The van der Waals surface area contributed by atoms with E-state index in [1.165, 1.54) is 69.9 Å². The molecule has 0 saturated heterocycles.